The SMILES string of the molecule is Cc1ccc(S(=O)(=O)OCCOCCCCCC(=O)Nc2cccc3c2C(=O)N(C2CCC(=O)NC2=O)C3=O)cc1. The third-order valence-electron chi connectivity index (χ3n) is 6.71. The van der Waals surface area contributed by atoms with Gasteiger partial charge in [-0.1, -0.05) is 30.2 Å². The van der Waals surface area contributed by atoms with Gasteiger partial charge in [-0.05, 0) is 50.5 Å². The maximum absolute atomic E-state index is 13.1. The van der Waals surface area contributed by atoms with E-state index in [0.29, 0.717) is 25.9 Å². The van der Waals surface area contributed by atoms with Crippen molar-refractivity contribution in [2.24, 2.45) is 0 Å². The van der Waals surface area contributed by atoms with E-state index in [1.807, 2.05) is 6.92 Å². The van der Waals surface area contributed by atoms with Gasteiger partial charge in [0, 0.05) is 19.4 Å². The van der Waals surface area contributed by atoms with Gasteiger partial charge in [-0.2, -0.15) is 8.42 Å². The van der Waals surface area contributed by atoms with Crippen LogP contribution in [0, 0.1) is 6.92 Å². The Labute approximate surface area is 237 Å². The number of nitrogens with one attached hydrogen (secondary N) is 2. The number of nitrogens with zero attached hydrogens (tertiary/aromatic N) is 1. The highest BCUT2D eigenvalue weighted by Crippen LogP contribution is 2.32. The zero-order valence-electron chi connectivity index (χ0n) is 22.5. The summed E-state index contributed by atoms with van der Waals surface area (Å²) in [5.41, 5.74) is 1.24. The van der Waals surface area contributed by atoms with Gasteiger partial charge in [-0.15, -0.1) is 0 Å². The maximum Gasteiger partial charge on any atom is 0.297 e. The second-order valence-electron chi connectivity index (χ2n) is 9.74. The Morgan fingerprint density at radius 2 is 1.73 bits per heavy atom. The van der Waals surface area contributed by atoms with Crippen LogP contribution in [-0.4, -0.2) is 68.7 Å². The fourth-order valence-electron chi connectivity index (χ4n) is 4.58. The van der Waals surface area contributed by atoms with Crippen LogP contribution < -0.4 is 10.6 Å². The first kappa shape index (κ1) is 30.0. The molecule has 2 aromatic rings. The number of piperidine rings is 1. The summed E-state index contributed by atoms with van der Waals surface area (Å²) in [5, 5.41) is 4.84. The molecule has 1 fully saturated rings. The van der Waals surface area contributed by atoms with E-state index in [2.05, 4.69) is 10.6 Å². The van der Waals surface area contributed by atoms with Gasteiger partial charge in [0.2, 0.25) is 17.7 Å². The zero-order valence-corrected chi connectivity index (χ0v) is 23.3. The lowest BCUT2D eigenvalue weighted by molar-refractivity contribution is -0.136. The van der Waals surface area contributed by atoms with E-state index in [9.17, 15) is 32.4 Å². The second kappa shape index (κ2) is 13.1. The fraction of sp³-hybridized carbons (Fsp3) is 0.393. The molecule has 0 aliphatic carbocycles. The molecule has 2 aliphatic heterocycles. The summed E-state index contributed by atoms with van der Waals surface area (Å²) < 4.78 is 34.7. The third-order valence-corrected chi connectivity index (χ3v) is 8.04. The highest BCUT2D eigenvalue weighted by Gasteiger charge is 2.45. The molecule has 5 amide bonds. The molecule has 1 unspecified atom stereocenters. The van der Waals surface area contributed by atoms with Crippen LogP contribution >= 0.6 is 0 Å². The normalized spacial score (nSPS) is 17.0. The number of aryl methyl sites for hydroxylation is 1. The van der Waals surface area contributed by atoms with Crippen LogP contribution in [0.2, 0.25) is 0 Å². The van der Waals surface area contributed by atoms with Gasteiger partial charge >= 0.3 is 0 Å². The molecule has 0 saturated carbocycles. The lowest BCUT2D eigenvalue weighted by Crippen LogP contribution is -2.54. The van der Waals surface area contributed by atoms with Crippen molar-refractivity contribution in [3.63, 3.8) is 0 Å². The summed E-state index contributed by atoms with van der Waals surface area (Å²) in [7, 11) is -3.83. The van der Waals surface area contributed by atoms with E-state index in [1.165, 1.54) is 24.3 Å². The van der Waals surface area contributed by atoms with E-state index in [0.717, 1.165) is 10.5 Å². The minimum atomic E-state index is -3.83. The minimum Gasteiger partial charge on any atom is -0.379 e. The monoisotopic (exact) mass is 585 g/mol. The Morgan fingerprint density at radius 1 is 0.976 bits per heavy atom. The number of benzene rings is 2. The van der Waals surface area contributed by atoms with E-state index < -0.39 is 39.8 Å². The average Bonchev–Trinajstić information content (AvgIpc) is 3.18. The van der Waals surface area contributed by atoms with Crippen molar-refractivity contribution < 1.29 is 41.3 Å². The molecule has 2 aliphatic rings. The van der Waals surface area contributed by atoms with Crippen LogP contribution in [0.4, 0.5) is 5.69 Å². The molecule has 0 spiro atoms. The molecule has 41 heavy (non-hydrogen) atoms. The van der Waals surface area contributed by atoms with Crippen LogP contribution in [0.1, 0.15) is 64.8 Å². The van der Waals surface area contributed by atoms with E-state index >= 15 is 0 Å². The molecule has 12 nitrogen and oxygen atoms in total. The van der Waals surface area contributed by atoms with Crippen LogP contribution in [-0.2, 0) is 33.4 Å². The summed E-state index contributed by atoms with van der Waals surface area (Å²) in [6, 6.07) is 9.79. The fourth-order valence-corrected chi connectivity index (χ4v) is 5.47. The summed E-state index contributed by atoms with van der Waals surface area (Å²) in [6.07, 6.45) is 2.08. The van der Waals surface area contributed by atoms with E-state index in [-0.39, 0.29) is 60.1 Å². The van der Waals surface area contributed by atoms with Crippen molar-refractivity contribution in [1.82, 2.24) is 10.2 Å². The summed E-state index contributed by atoms with van der Waals surface area (Å²) >= 11 is 0. The summed E-state index contributed by atoms with van der Waals surface area (Å²) in [6.45, 7) is 2.22. The quantitative estimate of drug-likeness (QED) is 0.204. The van der Waals surface area contributed by atoms with Crippen molar-refractivity contribution in [2.45, 2.75) is 56.4 Å². The Hall–Kier alpha value is -3.94. The number of amides is 5. The third kappa shape index (κ3) is 7.23. The Kier molecular flexibility index (Phi) is 9.63. The number of carbonyl (C=O) groups excluding carboxylic acids is 5. The van der Waals surface area contributed by atoms with Gasteiger partial charge in [0.05, 0.1) is 34.9 Å². The van der Waals surface area contributed by atoms with Gasteiger partial charge in [0.15, 0.2) is 0 Å². The van der Waals surface area contributed by atoms with Gasteiger partial charge in [0.1, 0.15) is 6.04 Å². The van der Waals surface area contributed by atoms with Crippen molar-refractivity contribution in [1.29, 1.82) is 0 Å². The molecular weight excluding hydrogens is 554 g/mol. The Bertz CT molecular complexity index is 1450. The molecule has 2 aromatic carbocycles. The second-order valence-corrected chi connectivity index (χ2v) is 11.4. The van der Waals surface area contributed by atoms with Gasteiger partial charge < -0.3 is 10.1 Å². The predicted octanol–water partition coefficient (Wildman–Crippen LogP) is 2.32. The number of hydrogen-bond donors (Lipinski definition) is 2. The molecule has 218 valence electrons. The smallest absolute Gasteiger partial charge is 0.297 e. The van der Waals surface area contributed by atoms with Crippen LogP contribution in [0.25, 0.3) is 0 Å². The lowest BCUT2D eigenvalue weighted by Gasteiger charge is -2.27. The maximum atomic E-state index is 13.1. The van der Waals surface area contributed by atoms with Gasteiger partial charge in [-0.25, -0.2) is 0 Å². The average molecular weight is 586 g/mol. The molecule has 0 aromatic heterocycles. The van der Waals surface area contributed by atoms with Crippen molar-refractivity contribution in [3.8, 4) is 0 Å². The Morgan fingerprint density at radius 3 is 2.46 bits per heavy atom. The molecule has 1 atom stereocenters. The zero-order chi connectivity index (χ0) is 29.6. The minimum absolute atomic E-state index is 0.0160. The predicted molar refractivity (Wildman–Crippen MR) is 145 cm³/mol. The van der Waals surface area contributed by atoms with Crippen molar-refractivity contribution in [2.75, 3.05) is 25.1 Å². The standard InChI is InChI=1S/C28H31N3O9S/c1-18-9-11-19(12-10-18)41(37,38)40-17-16-39-15-4-2-3-8-23(32)29-21-7-5-6-20-25(21)28(36)31(27(20)35)22-13-14-24(33)30-26(22)34/h5-7,9-12,22H,2-4,8,13-17H2,1H3,(H,29,32)(H,30,33,34). The number of hydrogen-bond acceptors (Lipinski definition) is 9. The lowest BCUT2D eigenvalue weighted by atomic mass is 10.0. The molecule has 0 bridgehead atoms. The highest BCUT2D eigenvalue weighted by atomic mass is 32.2. The molecule has 2 heterocycles. The topological polar surface area (TPSA) is 165 Å². The first-order valence-corrected chi connectivity index (χ1v) is 14.7. The Balaban J connectivity index is 1.17. The number of anilines is 1. The van der Waals surface area contributed by atoms with Gasteiger partial charge in [0.25, 0.3) is 21.9 Å². The first-order valence-electron chi connectivity index (χ1n) is 13.3. The molecule has 2 N–H and O–H groups in total. The number of carbonyl (C=O) groups is 5. The van der Waals surface area contributed by atoms with Crippen molar-refractivity contribution in [3.05, 3.63) is 59.2 Å². The van der Waals surface area contributed by atoms with Crippen LogP contribution in [0.15, 0.2) is 47.4 Å². The van der Waals surface area contributed by atoms with Crippen LogP contribution in [0.5, 0.6) is 0 Å². The van der Waals surface area contributed by atoms with E-state index in [4.69, 9.17) is 8.92 Å². The van der Waals surface area contributed by atoms with E-state index in [1.54, 1.807) is 18.2 Å². The van der Waals surface area contributed by atoms with Crippen molar-refractivity contribution >= 4 is 45.3 Å². The van der Waals surface area contributed by atoms with Gasteiger partial charge in [-0.3, -0.25) is 38.4 Å². The highest BCUT2D eigenvalue weighted by molar-refractivity contribution is 7.86. The molecule has 1 saturated heterocycles. The summed E-state index contributed by atoms with van der Waals surface area (Å²) in [5.74, 6) is -2.84. The molecule has 0 radical (unpaired) electrons. The molecular formula is C28H31N3O9S. The number of rotatable bonds is 13. The number of imide groups is 2. The van der Waals surface area contributed by atoms with Crippen LogP contribution in [0.3, 0.4) is 0 Å². The number of unbranched alkanes of at least 4 members (excludes halogenated alkanes) is 2. The summed E-state index contributed by atoms with van der Waals surface area (Å²) in [4.78, 5) is 63.2. The molecule has 4 rings (SSSR count). The molecule has 13 heteroatoms. The number of fused-ring (bicyclic) bond motifs is 1. The largest absolute Gasteiger partial charge is 0.379 e. The first-order chi connectivity index (χ1) is 19.6. The number of ether oxygens (including phenoxy) is 1.